The van der Waals surface area contributed by atoms with E-state index in [2.05, 4.69) is 76.0 Å². The van der Waals surface area contributed by atoms with Crippen LogP contribution in [0, 0.1) is 0 Å². The molecule has 0 spiro atoms. The maximum Gasteiger partial charge on any atom is 0.221 e. The van der Waals surface area contributed by atoms with Crippen molar-refractivity contribution in [2.24, 2.45) is 0 Å². The van der Waals surface area contributed by atoms with Gasteiger partial charge in [-0.05, 0) is 34.5 Å². The Kier molecular flexibility index (Phi) is 4.39. The van der Waals surface area contributed by atoms with Gasteiger partial charge < -0.3 is 5.73 Å². The number of thiophene rings is 2. The third kappa shape index (κ3) is 3.19. The number of anilines is 1. The minimum absolute atomic E-state index is 0.313. The Labute approximate surface area is 171 Å². The van der Waals surface area contributed by atoms with Gasteiger partial charge in [-0.1, -0.05) is 54.6 Å². The summed E-state index contributed by atoms with van der Waals surface area (Å²) in [5, 5.41) is 3.29. The van der Waals surface area contributed by atoms with Crippen LogP contribution in [0.4, 0.5) is 5.95 Å². The summed E-state index contributed by atoms with van der Waals surface area (Å²) in [6.07, 6.45) is 0.762. The molecule has 0 bridgehead atoms. The molecule has 5 aromatic rings. The van der Waals surface area contributed by atoms with E-state index >= 15 is 0 Å². The number of hydrogen-bond acceptors (Lipinski definition) is 5. The molecule has 0 aliphatic rings. The topological polar surface area (TPSA) is 51.8 Å². The molecule has 0 fully saturated rings. The molecule has 28 heavy (non-hydrogen) atoms. The van der Waals surface area contributed by atoms with Gasteiger partial charge in [0.1, 0.15) is 0 Å². The summed E-state index contributed by atoms with van der Waals surface area (Å²) in [7, 11) is 0. The summed E-state index contributed by atoms with van der Waals surface area (Å²) in [4.78, 5) is 11.6. The van der Waals surface area contributed by atoms with E-state index in [1.165, 1.54) is 15.6 Å². The van der Waals surface area contributed by atoms with E-state index in [0.29, 0.717) is 5.95 Å². The molecule has 0 atom stereocenters. The molecule has 0 radical (unpaired) electrons. The molecular weight excluding hydrogens is 382 g/mol. The second kappa shape index (κ2) is 7.19. The number of nitrogens with zero attached hydrogens (tertiary/aromatic N) is 2. The highest BCUT2D eigenvalue weighted by Crippen LogP contribution is 2.39. The maximum atomic E-state index is 6.15. The maximum absolute atomic E-state index is 6.15. The van der Waals surface area contributed by atoms with E-state index < -0.39 is 0 Å². The predicted octanol–water partition coefficient (Wildman–Crippen LogP) is 6.26. The minimum Gasteiger partial charge on any atom is -0.368 e. The summed E-state index contributed by atoms with van der Waals surface area (Å²) in [6.45, 7) is 0. The molecule has 136 valence electrons. The fourth-order valence-corrected chi connectivity index (χ4v) is 5.21. The van der Waals surface area contributed by atoms with Crippen LogP contribution in [0.15, 0.2) is 78.2 Å². The molecule has 5 rings (SSSR count). The third-order valence-electron chi connectivity index (χ3n) is 4.66. The van der Waals surface area contributed by atoms with Gasteiger partial charge in [0.15, 0.2) is 0 Å². The third-order valence-corrected chi connectivity index (χ3v) is 6.66. The molecule has 0 saturated heterocycles. The van der Waals surface area contributed by atoms with Crippen molar-refractivity contribution in [1.29, 1.82) is 0 Å². The number of fused-ring (bicyclic) bond motifs is 1. The lowest BCUT2D eigenvalue weighted by Gasteiger charge is -2.13. The Balaban J connectivity index is 1.75. The largest absolute Gasteiger partial charge is 0.368 e. The number of rotatable bonds is 4. The first-order valence-corrected chi connectivity index (χ1v) is 10.7. The summed E-state index contributed by atoms with van der Waals surface area (Å²) >= 11 is 3.42. The molecule has 0 saturated carbocycles. The van der Waals surface area contributed by atoms with E-state index in [4.69, 9.17) is 5.73 Å². The zero-order valence-corrected chi connectivity index (χ0v) is 16.6. The fourth-order valence-electron chi connectivity index (χ4n) is 3.39. The van der Waals surface area contributed by atoms with Crippen molar-refractivity contribution in [3.05, 3.63) is 89.3 Å². The lowest BCUT2D eigenvalue weighted by atomic mass is 10.00. The lowest BCUT2D eigenvalue weighted by molar-refractivity contribution is 1.10. The molecule has 0 amide bonds. The average molecular weight is 400 g/mol. The smallest absolute Gasteiger partial charge is 0.221 e. The summed E-state index contributed by atoms with van der Waals surface area (Å²) in [5.41, 5.74) is 10.4. The molecule has 5 heteroatoms. The zero-order chi connectivity index (χ0) is 18.9. The predicted molar refractivity (Wildman–Crippen MR) is 120 cm³/mol. The Morgan fingerprint density at radius 1 is 0.786 bits per heavy atom. The van der Waals surface area contributed by atoms with Crippen LogP contribution in [-0.4, -0.2) is 9.97 Å². The van der Waals surface area contributed by atoms with Crippen LogP contribution >= 0.6 is 22.7 Å². The highest BCUT2D eigenvalue weighted by molar-refractivity contribution is 7.22. The number of benzene rings is 2. The summed E-state index contributed by atoms with van der Waals surface area (Å²) in [6, 6.07) is 25.2. The van der Waals surface area contributed by atoms with Gasteiger partial charge in [0, 0.05) is 16.7 Å². The molecule has 0 aliphatic carbocycles. The molecular formula is C23H17N3S2. The SMILES string of the molecule is Nc1nc(-c2cccs2)c(Cc2ccccc2)c(-c2cc3ccccc3s2)n1. The van der Waals surface area contributed by atoms with E-state index in [1.54, 1.807) is 22.7 Å². The van der Waals surface area contributed by atoms with Crippen molar-refractivity contribution in [1.82, 2.24) is 9.97 Å². The highest BCUT2D eigenvalue weighted by atomic mass is 32.1. The van der Waals surface area contributed by atoms with Crippen LogP contribution in [0.3, 0.4) is 0 Å². The van der Waals surface area contributed by atoms with Gasteiger partial charge in [0.05, 0.1) is 21.1 Å². The first-order valence-electron chi connectivity index (χ1n) is 9.01. The number of nitrogen functional groups attached to an aromatic ring is 1. The van der Waals surface area contributed by atoms with Crippen molar-refractivity contribution in [3.8, 4) is 21.1 Å². The first kappa shape index (κ1) is 17.1. The van der Waals surface area contributed by atoms with Crippen LogP contribution in [0.2, 0.25) is 0 Å². The molecule has 0 aliphatic heterocycles. The van der Waals surface area contributed by atoms with Crippen molar-refractivity contribution in [2.45, 2.75) is 6.42 Å². The second-order valence-corrected chi connectivity index (χ2v) is 8.58. The van der Waals surface area contributed by atoms with E-state index in [-0.39, 0.29) is 0 Å². The Bertz CT molecular complexity index is 1210. The minimum atomic E-state index is 0.313. The van der Waals surface area contributed by atoms with Crippen molar-refractivity contribution < 1.29 is 0 Å². The molecule has 3 aromatic heterocycles. The highest BCUT2D eigenvalue weighted by Gasteiger charge is 2.19. The molecule has 2 N–H and O–H groups in total. The van der Waals surface area contributed by atoms with Gasteiger partial charge in [0.25, 0.3) is 0 Å². The van der Waals surface area contributed by atoms with Crippen molar-refractivity contribution >= 4 is 38.7 Å². The normalized spacial score (nSPS) is 11.1. The van der Waals surface area contributed by atoms with Crippen molar-refractivity contribution in [3.63, 3.8) is 0 Å². The average Bonchev–Trinajstić information content (AvgIpc) is 3.39. The standard InChI is InChI=1S/C23H17N3S2/c24-23-25-21(19-11-6-12-27-19)17(13-15-7-2-1-3-8-15)22(26-23)20-14-16-9-4-5-10-18(16)28-20/h1-12,14H,13H2,(H2,24,25,26). The van der Waals surface area contributed by atoms with Gasteiger partial charge in [-0.2, -0.15) is 0 Å². The number of aromatic nitrogens is 2. The Morgan fingerprint density at radius 3 is 2.29 bits per heavy atom. The van der Waals surface area contributed by atoms with Gasteiger partial charge in [-0.25, -0.2) is 9.97 Å². The first-order chi connectivity index (χ1) is 13.8. The molecule has 0 unspecified atom stereocenters. The monoisotopic (exact) mass is 399 g/mol. The lowest BCUT2D eigenvalue weighted by Crippen LogP contribution is -2.04. The number of hydrogen-bond donors (Lipinski definition) is 1. The summed E-state index contributed by atoms with van der Waals surface area (Å²) in [5.74, 6) is 0.313. The van der Waals surface area contributed by atoms with Crippen LogP contribution in [0.5, 0.6) is 0 Å². The van der Waals surface area contributed by atoms with Crippen LogP contribution < -0.4 is 5.73 Å². The Morgan fingerprint density at radius 2 is 1.54 bits per heavy atom. The van der Waals surface area contributed by atoms with E-state index in [0.717, 1.165) is 33.1 Å². The fraction of sp³-hybridized carbons (Fsp3) is 0.0435. The van der Waals surface area contributed by atoms with E-state index in [1.807, 2.05) is 12.1 Å². The van der Waals surface area contributed by atoms with Crippen LogP contribution in [0.25, 0.3) is 31.2 Å². The van der Waals surface area contributed by atoms with Gasteiger partial charge in [-0.3, -0.25) is 0 Å². The van der Waals surface area contributed by atoms with Gasteiger partial charge in [0.2, 0.25) is 5.95 Å². The Hall–Kier alpha value is -3.02. The van der Waals surface area contributed by atoms with Crippen LogP contribution in [0.1, 0.15) is 11.1 Å². The number of nitrogens with two attached hydrogens (primary N) is 1. The molecule has 2 aromatic carbocycles. The molecule has 3 heterocycles. The van der Waals surface area contributed by atoms with Crippen LogP contribution in [-0.2, 0) is 6.42 Å². The summed E-state index contributed by atoms with van der Waals surface area (Å²) < 4.78 is 1.25. The van der Waals surface area contributed by atoms with Crippen molar-refractivity contribution in [2.75, 3.05) is 5.73 Å². The quantitative estimate of drug-likeness (QED) is 0.388. The zero-order valence-electron chi connectivity index (χ0n) is 15.0. The van der Waals surface area contributed by atoms with Gasteiger partial charge in [-0.15, -0.1) is 22.7 Å². The van der Waals surface area contributed by atoms with E-state index in [9.17, 15) is 0 Å². The molecule has 3 nitrogen and oxygen atoms in total. The second-order valence-electron chi connectivity index (χ2n) is 6.55. The van der Waals surface area contributed by atoms with Gasteiger partial charge >= 0.3 is 0 Å².